The van der Waals surface area contributed by atoms with Crippen molar-refractivity contribution in [2.75, 3.05) is 27.1 Å². The van der Waals surface area contributed by atoms with Crippen LogP contribution in [-0.4, -0.2) is 67.4 Å². The van der Waals surface area contributed by atoms with Gasteiger partial charge in [0.2, 0.25) is 5.91 Å². The number of ether oxygens (including phenoxy) is 2. The second kappa shape index (κ2) is 22.7. The fourth-order valence-corrected chi connectivity index (χ4v) is 3.73. The van der Waals surface area contributed by atoms with E-state index < -0.39 is 36.5 Å². The molecule has 3 aliphatic rings. The first-order chi connectivity index (χ1) is 16.8. The number of rotatable bonds is 7. The number of carboxylic acids is 2. The van der Waals surface area contributed by atoms with Crippen LogP contribution in [0.3, 0.4) is 0 Å². The molecule has 0 spiro atoms. The molecule has 0 bridgehead atoms. The molecule has 0 aromatic heterocycles. The molecule has 0 aromatic rings. The molecule has 2 saturated carbocycles. The number of aliphatic carboxylic acids is 2. The number of amides is 1. The number of nitrogens with two attached hydrogens (primary N) is 4. The fourth-order valence-electron chi connectivity index (χ4n) is 3.73. The van der Waals surface area contributed by atoms with Gasteiger partial charge in [0, 0.05) is 19.2 Å². The van der Waals surface area contributed by atoms with E-state index in [4.69, 9.17) is 16.2 Å². The van der Waals surface area contributed by atoms with E-state index >= 15 is 0 Å². The number of carbonyl (C=O) groups excluding carboxylic acids is 3. The second-order valence-corrected chi connectivity index (χ2v) is 8.26. The van der Waals surface area contributed by atoms with Crippen molar-refractivity contribution in [1.82, 2.24) is 4.90 Å². The van der Waals surface area contributed by atoms with Crippen LogP contribution in [0.2, 0.25) is 0 Å². The van der Waals surface area contributed by atoms with Crippen LogP contribution in [0, 0.1) is 0 Å². The van der Waals surface area contributed by atoms with Crippen molar-refractivity contribution in [3.05, 3.63) is 0 Å². The van der Waals surface area contributed by atoms with Crippen molar-refractivity contribution in [2.24, 2.45) is 20.1 Å². The van der Waals surface area contributed by atoms with Crippen molar-refractivity contribution >= 4 is 17.8 Å². The van der Waals surface area contributed by atoms with Crippen molar-refractivity contribution < 1.29 is 74.2 Å². The summed E-state index contributed by atoms with van der Waals surface area (Å²) in [6.45, 7) is -0.105. The Morgan fingerprint density at radius 1 is 0.886 bits per heavy atom. The van der Waals surface area contributed by atoms with E-state index in [1.54, 1.807) is 40.1 Å². The van der Waals surface area contributed by atoms with Gasteiger partial charge in [-0.05, 0) is 25.7 Å². The zero-order valence-corrected chi connectivity index (χ0v) is 24.8. The molecule has 0 radical (unpaired) electrons. The van der Waals surface area contributed by atoms with Crippen LogP contribution in [-0.2, 0) is 64.0 Å². The molecule has 1 heterocycles. The zero-order valence-electron chi connectivity index (χ0n) is 20.3. The van der Waals surface area contributed by atoms with Gasteiger partial charge in [0.05, 0.1) is 31.6 Å². The van der Waals surface area contributed by atoms with Gasteiger partial charge in [-0.1, -0.05) is 38.5 Å². The number of carboxylic acid groups (broad SMARTS) is 2. The Hall–Kier alpha value is -0.453. The molecule has 0 atom stereocenters. The third-order valence-corrected chi connectivity index (χ3v) is 5.80. The summed E-state index contributed by atoms with van der Waals surface area (Å²) in [5.74, 6) is -4.41. The van der Waals surface area contributed by atoms with Gasteiger partial charge < -0.3 is 45.6 Å². The Balaban J connectivity index is 0. The Morgan fingerprint density at radius 3 is 1.54 bits per heavy atom. The number of hydrogen-bond donors (Lipinski definition) is 4. The van der Waals surface area contributed by atoms with Crippen LogP contribution >= 0.6 is 0 Å². The molecule has 1 amide bonds. The molecule has 14 heteroatoms. The van der Waals surface area contributed by atoms with Crippen molar-refractivity contribution in [2.45, 2.75) is 88.3 Å². The minimum absolute atomic E-state index is 0.108. The summed E-state index contributed by atoms with van der Waals surface area (Å²) in [4.78, 5) is 33.3. The average Bonchev–Trinajstić information content (AvgIpc) is 2.86. The Labute approximate surface area is 231 Å². The summed E-state index contributed by atoms with van der Waals surface area (Å²) in [6, 6.07) is 1.07. The number of nitrogens with zero attached hydrogens (tertiary/aromatic N) is 1. The fraction of sp³-hybridized carbons (Fsp3) is 0.857. The third kappa shape index (κ3) is 14.2. The molecule has 1 aliphatic heterocycles. The summed E-state index contributed by atoms with van der Waals surface area (Å²) in [6.07, 6.45) is 12.7. The number of hydrogen-bond acceptors (Lipinski definition) is 11. The van der Waals surface area contributed by atoms with Crippen molar-refractivity contribution in [3.63, 3.8) is 0 Å². The van der Waals surface area contributed by atoms with Gasteiger partial charge in [-0.15, -0.1) is 0 Å². The van der Waals surface area contributed by atoms with E-state index in [1.807, 2.05) is 0 Å². The Kier molecular flexibility index (Phi) is 23.8. The molecule has 1 saturated heterocycles. The van der Waals surface area contributed by atoms with E-state index in [9.17, 15) is 24.6 Å². The first kappa shape index (κ1) is 36.7. The summed E-state index contributed by atoms with van der Waals surface area (Å²) >= 11 is 3.28. The predicted octanol–water partition coefficient (Wildman–Crippen LogP) is -2.55. The minimum atomic E-state index is -2.41. The normalized spacial score (nSPS) is 19.1. The van der Waals surface area contributed by atoms with Crippen LogP contribution in [0.25, 0.3) is 0 Å². The molecular weight excluding hydrogens is 824 g/mol. The SMILES string of the molecule is COCCOCN1C(=O)CC1(C(=O)[O-])C(=O)[O-].NC1CCCCC1.NC1CCCCC1.[NH2][Pt+].[NH2][Pt+]. The first-order valence-corrected chi connectivity index (χ1v) is 14.1. The van der Waals surface area contributed by atoms with Gasteiger partial charge in [-0.25, -0.2) is 0 Å². The van der Waals surface area contributed by atoms with Gasteiger partial charge in [-0.3, -0.25) is 4.79 Å². The maximum atomic E-state index is 11.2. The number of carbonyl (C=O) groups is 3. The quantitative estimate of drug-likeness (QED) is 0.119. The second-order valence-electron chi connectivity index (χ2n) is 8.26. The van der Waals surface area contributed by atoms with Crippen LogP contribution in [0.1, 0.15) is 70.6 Å². The summed E-state index contributed by atoms with van der Waals surface area (Å²) in [5.41, 5.74) is 8.86. The molecule has 0 unspecified atom stereocenters. The van der Waals surface area contributed by atoms with E-state index in [0.29, 0.717) is 17.0 Å². The Bertz CT molecular complexity index is 548. The van der Waals surface area contributed by atoms with Crippen molar-refractivity contribution in [1.29, 1.82) is 0 Å². The molecule has 212 valence electrons. The summed E-state index contributed by atoms with van der Waals surface area (Å²) in [5, 5.41) is 21.6. The van der Waals surface area contributed by atoms with Crippen LogP contribution in [0.5, 0.6) is 0 Å². The molecule has 3 fully saturated rings. The summed E-state index contributed by atoms with van der Waals surface area (Å²) < 4.78 is 18.5. The van der Waals surface area contributed by atoms with Gasteiger partial charge >= 0.3 is 48.7 Å². The van der Waals surface area contributed by atoms with Crippen molar-refractivity contribution in [3.8, 4) is 0 Å². The van der Waals surface area contributed by atoms with Crippen LogP contribution in [0.15, 0.2) is 0 Å². The maximum absolute atomic E-state index is 11.2. The van der Waals surface area contributed by atoms with Crippen LogP contribution < -0.4 is 30.3 Å². The standard InChI is InChI=1S/C9H13NO7.2C6H13N.2H2N.2Pt/c1-16-2-3-17-5-10-6(11)4-9(10,7(12)13)8(14)15;2*7-6-4-2-1-3-5-6;;;;/h2-5H2,1H3,(H,12,13)(H,14,15);2*6H,1-5,7H2;2*1H2;;/q;;;2*-1;2*+2/p-2. The average molecular weight is 866 g/mol. The monoisotopic (exact) mass is 865 g/mol. The van der Waals surface area contributed by atoms with Gasteiger partial charge in [0.25, 0.3) is 0 Å². The van der Waals surface area contributed by atoms with Gasteiger partial charge in [0.15, 0.2) is 0 Å². The molecule has 8 N–H and O–H groups in total. The molecule has 0 aromatic carbocycles. The molecule has 3 rings (SSSR count). The first-order valence-electron chi connectivity index (χ1n) is 11.4. The van der Waals surface area contributed by atoms with Gasteiger partial charge in [-0.2, -0.15) is 0 Å². The number of likely N-dealkylation sites (tertiary alicyclic amines) is 1. The molecular formula is C21H41N5O7Pt2. The molecule has 35 heavy (non-hydrogen) atoms. The number of β-lactam (4-membered cyclic amide) rings is 1. The Morgan fingerprint density at radius 2 is 1.29 bits per heavy atom. The van der Waals surface area contributed by atoms with E-state index in [0.717, 1.165) is 0 Å². The molecule has 12 nitrogen and oxygen atoms in total. The van der Waals surface area contributed by atoms with Gasteiger partial charge in [0.1, 0.15) is 12.3 Å². The third-order valence-electron chi connectivity index (χ3n) is 5.80. The topological polar surface area (TPSA) is 223 Å². The van der Waals surface area contributed by atoms with E-state index in [1.165, 1.54) is 71.3 Å². The summed E-state index contributed by atoms with van der Waals surface area (Å²) in [7, 11) is 1.44. The van der Waals surface area contributed by atoms with E-state index in [2.05, 4.69) is 13.3 Å². The zero-order chi connectivity index (χ0) is 27.3. The number of methoxy groups -OCH3 is 1. The van der Waals surface area contributed by atoms with E-state index in [-0.39, 0.29) is 13.2 Å². The predicted molar refractivity (Wildman–Crippen MR) is 117 cm³/mol. The van der Waals surface area contributed by atoms with Crippen LogP contribution in [0.4, 0.5) is 0 Å². The molecule has 2 aliphatic carbocycles.